The fourth-order valence-electron chi connectivity index (χ4n) is 2.17. The molecule has 2 aromatic carbocycles. The van der Waals surface area contributed by atoms with Crippen LogP contribution >= 0.6 is 23.1 Å². The first-order valence-corrected chi connectivity index (χ1v) is 9.31. The summed E-state index contributed by atoms with van der Waals surface area (Å²) in [6, 6.07) is 16.3. The Morgan fingerprint density at radius 2 is 1.96 bits per heavy atom. The van der Waals surface area contributed by atoms with Crippen LogP contribution in [0.4, 0.5) is 0 Å². The van der Waals surface area contributed by atoms with E-state index in [2.05, 4.69) is 47.6 Å². The number of benzene rings is 2. The number of nitrogens with zero attached hydrogens (tertiary/aromatic N) is 1. The SMILES string of the molecule is Cc1ccc(SCC(=O)NCCc2nc3ccccc3s2)cc1. The maximum absolute atomic E-state index is 11.9. The zero-order valence-electron chi connectivity index (χ0n) is 12.9. The van der Waals surface area contributed by atoms with Gasteiger partial charge in [-0.2, -0.15) is 0 Å². The molecule has 1 N–H and O–H groups in total. The molecule has 1 heterocycles. The van der Waals surface area contributed by atoms with E-state index in [4.69, 9.17) is 0 Å². The molecule has 0 aliphatic rings. The normalized spacial score (nSPS) is 10.8. The highest BCUT2D eigenvalue weighted by Gasteiger charge is 2.05. The molecule has 1 aromatic heterocycles. The fraction of sp³-hybridized carbons (Fsp3) is 0.222. The standard InChI is InChI=1S/C18H18N2OS2/c1-13-6-8-14(9-7-13)22-12-17(21)19-11-10-18-20-15-4-2-3-5-16(15)23-18/h2-9H,10-12H2,1H3,(H,19,21). The lowest BCUT2D eigenvalue weighted by molar-refractivity contribution is -0.118. The quantitative estimate of drug-likeness (QED) is 0.687. The van der Waals surface area contributed by atoms with Crippen molar-refractivity contribution in [3.8, 4) is 0 Å². The van der Waals surface area contributed by atoms with Crippen LogP contribution in [0.15, 0.2) is 53.4 Å². The first-order valence-electron chi connectivity index (χ1n) is 7.51. The van der Waals surface area contributed by atoms with Gasteiger partial charge in [0.1, 0.15) is 0 Å². The van der Waals surface area contributed by atoms with Crippen LogP contribution < -0.4 is 5.32 Å². The topological polar surface area (TPSA) is 42.0 Å². The van der Waals surface area contributed by atoms with Crippen molar-refractivity contribution in [1.29, 1.82) is 0 Å². The summed E-state index contributed by atoms with van der Waals surface area (Å²) in [7, 11) is 0. The van der Waals surface area contributed by atoms with Crippen LogP contribution in [-0.2, 0) is 11.2 Å². The van der Waals surface area contributed by atoms with Crippen LogP contribution in [0.5, 0.6) is 0 Å². The van der Waals surface area contributed by atoms with E-state index in [1.807, 2.05) is 18.2 Å². The number of hydrogen-bond donors (Lipinski definition) is 1. The van der Waals surface area contributed by atoms with Crippen LogP contribution in [0.1, 0.15) is 10.6 Å². The number of para-hydroxylation sites is 1. The number of rotatable bonds is 6. The molecule has 0 unspecified atom stereocenters. The number of nitrogens with one attached hydrogen (secondary N) is 1. The maximum Gasteiger partial charge on any atom is 0.230 e. The largest absolute Gasteiger partial charge is 0.355 e. The zero-order valence-corrected chi connectivity index (χ0v) is 14.5. The highest BCUT2D eigenvalue weighted by atomic mass is 32.2. The summed E-state index contributed by atoms with van der Waals surface area (Å²) in [4.78, 5) is 17.6. The minimum atomic E-state index is 0.0664. The smallest absolute Gasteiger partial charge is 0.230 e. The lowest BCUT2D eigenvalue weighted by Crippen LogP contribution is -2.27. The summed E-state index contributed by atoms with van der Waals surface area (Å²) in [5.74, 6) is 0.514. The summed E-state index contributed by atoms with van der Waals surface area (Å²) >= 11 is 3.26. The first-order chi connectivity index (χ1) is 11.2. The molecule has 0 spiro atoms. The lowest BCUT2D eigenvalue weighted by Gasteiger charge is -2.04. The lowest BCUT2D eigenvalue weighted by atomic mass is 10.2. The third-order valence-corrected chi connectivity index (χ3v) is 5.50. The minimum absolute atomic E-state index is 0.0664. The molecule has 5 heteroatoms. The van der Waals surface area contributed by atoms with Crippen molar-refractivity contribution in [2.45, 2.75) is 18.2 Å². The van der Waals surface area contributed by atoms with Crippen molar-refractivity contribution >= 4 is 39.2 Å². The van der Waals surface area contributed by atoms with Gasteiger partial charge in [0.05, 0.1) is 21.0 Å². The third kappa shape index (κ3) is 4.56. The molecule has 0 aliphatic heterocycles. The van der Waals surface area contributed by atoms with Crippen LogP contribution in [-0.4, -0.2) is 23.2 Å². The molecular weight excluding hydrogens is 324 g/mol. The van der Waals surface area contributed by atoms with E-state index in [0.717, 1.165) is 21.8 Å². The Kier molecular flexibility index (Phi) is 5.31. The molecule has 0 saturated carbocycles. The van der Waals surface area contributed by atoms with Crippen LogP contribution in [0, 0.1) is 6.92 Å². The second-order valence-electron chi connectivity index (χ2n) is 5.28. The van der Waals surface area contributed by atoms with Crippen LogP contribution in [0.2, 0.25) is 0 Å². The van der Waals surface area contributed by atoms with Crippen molar-refractivity contribution < 1.29 is 4.79 Å². The van der Waals surface area contributed by atoms with Crippen molar-refractivity contribution in [2.24, 2.45) is 0 Å². The summed E-state index contributed by atoms with van der Waals surface area (Å²) in [6.45, 7) is 2.69. The van der Waals surface area contributed by atoms with E-state index in [-0.39, 0.29) is 5.91 Å². The molecule has 0 fully saturated rings. The summed E-state index contributed by atoms with van der Waals surface area (Å²) < 4.78 is 1.20. The van der Waals surface area contributed by atoms with Gasteiger partial charge >= 0.3 is 0 Å². The predicted octanol–water partition coefficient (Wildman–Crippen LogP) is 4.06. The van der Waals surface area contributed by atoms with E-state index in [1.54, 1.807) is 23.1 Å². The number of fused-ring (bicyclic) bond motifs is 1. The van der Waals surface area contributed by atoms with E-state index >= 15 is 0 Å². The molecule has 3 nitrogen and oxygen atoms in total. The van der Waals surface area contributed by atoms with E-state index < -0.39 is 0 Å². The first kappa shape index (κ1) is 16.0. The molecule has 0 atom stereocenters. The number of thioether (sulfide) groups is 1. The average molecular weight is 342 g/mol. The van der Waals surface area contributed by atoms with Crippen molar-refractivity contribution in [1.82, 2.24) is 10.3 Å². The second kappa shape index (κ2) is 7.62. The molecule has 1 amide bonds. The molecular formula is C18H18N2OS2. The molecule has 118 valence electrons. The molecule has 0 aliphatic carbocycles. The Hall–Kier alpha value is -1.85. The highest BCUT2D eigenvalue weighted by Crippen LogP contribution is 2.21. The summed E-state index contributed by atoms with van der Waals surface area (Å²) in [5.41, 5.74) is 2.27. The Morgan fingerprint density at radius 1 is 1.17 bits per heavy atom. The Balaban J connectivity index is 1.43. The molecule has 0 radical (unpaired) electrons. The van der Waals surface area contributed by atoms with Gasteiger partial charge < -0.3 is 5.32 Å². The summed E-state index contributed by atoms with van der Waals surface area (Å²) in [5, 5.41) is 4.03. The van der Waals surface area contributed by atoms with E-state index in [9.17, 15) is 4.79 Å². The van der Waals surface area contributed by atoms with Gasteiger partial charge in [-0.05, 0) is 31.2 Å². The summed E-state index contributed by atoms with van der Waals surface area (Å²) in [6.07, 6.45) is 0.778. The molecule has 23 heavy (non-hydrogen) atoms. The van der Waals surface area contributed by atoms with Crippen molar-refractivity contribution in [3.63, 3.8) is 0 Å². The van der Waals surface area contributed by atoms with Gasteiger partial charge in [-0.3, -0.25) is 4.79 Å². The van der Waals surface area contributed by atoms with Crippen LogP contribution in [0.3, 0.4) is 0 Å². The Labute approximate surface area is 144 Å². The van der Waals surface area contributed by atoms with E-state index in [1.165, 1.54) is 10.3 Å². The maximum atomic E-state index is 11.9. The van der Waals surface area contributed by atoms with Gasteiger partial charge in [0.2, 0.25) is 5.91 Å². The Morgan fingerprint density at radius 3 is 2.74 bits per heavy atom. The number of amides is 1. The molecule has 3 rings (SSSR count). The number of thiazole rings is 1. The fourth-order valence-corrected chi connectivity index (χ4v) is 3.87. The number of aromatic nitrogens is 1. The van der Waals surface area contributed by atoms with Gasteiger partial charge in [-0.25, -0.2) is 4.98 Å². The third-order valence-electron chi connectivity index (χ3n) is 3.39. The number of carbonyl (C=O) groups excluding carboxylic acids is 1. The number of carbonyl (C=O) groups is 1. The molecule has 3 aromatic rings. The van der Waals surface area contributed by atoms with Gasteiger partial charge in [0.15, 0.2) is 0 Å². The van der Waals surface area contributed by atoms with Gasteiger partial charge in [-0.15, -0.1) is 23.1 Å². The van der Waals surface area contributed by atoms with Gasteiger partial charge in [-0.1, -0.05) is 29.8 Å². The zero-order chi connectivity index (χ0) is 16.1. The van der Waals surface area contributed by atoms with Gasteiger partial charge in [0.25, 0.3) is 0 Å². The number of hydrogen-bond acceptors (Lipinski definition) is 4. The number of aryl methyl sites for hydroxylation is 1. The average Bonchev–Trinajstić information content (AvgIpc) is 2.97. The van der Waals surface area contributed by atoms with Crippen molar-refractivity contribution in [2.75, 3.05) is 12.3 Å². The predicted molar refractivity (Wildman–Crippen MR) is 98.2 cm³/mol. The van der Waals surface area contributed by atoms with Crippen LogP contribution in [0.25, 0.3) is 10.2 Å². The Bertz CT molecular complexity index is 763. The van der Waals surface area contributed by atoms with Crippen molar-refractivity contribution in [3.05, 3.63) is 59.1 Å². The second-order valence-corrected chi connectivity index (χ2v) is 7.44. The molecule has 0 saturated heterocycles. The minimum Gasteiger partial charge on any atom is -0.355 e. The van der Waals surface area contributed by atoms with Gasteiger partial charge in [0, 0.05) is 17.9 Å². The monoisotopic (exact) mass is 342 g/mol. The molecule has 0 bridgehead atoms. The highest BCUT2D eigenvalue weighted by molar-refractivity contribution is 8.00. The van der Waals surface area contributed by atoms with E-state index in [0.29, 0.717) is 12.3 Å².